The number of Topliss-reactive ketones (excluding diaryl/α,β-unsaturated/α-hetero) is 1. The Balaban J connectivity index is 1.69. The van der Waals surface area contributed by atoms with E-state index in [0.717, 1.165) is 43.5 Å². The maximum Gasteiger partial charge on any atom is 0.325 e. The van der Waals surface area contributed by atoms with Crippen molar-refractivity contribution >= 4 is 37.0 Å². The minimum atomic E-state index is -3.98. The summed E-state index contributed by atoms with van der Waals surface area (Å²) < 4.78 is 39.0. The molecule has 1 aliphatic heterocycles. The van der Waals surface area contributed by atoms with Crippen molar-refractivity contribution in [1.29, 1.82) is 0 Å². The number of hydrogen-bond donors (Lipinski definition) is 8. The summed E-state index contributed by atoms with van der Waals surface area (Å²) in [5.41, 5.74) is 8.46. The lowest BCUT2D eigenvalue weighted by molar-refractivity contribution is -0.134. The SMILES string of the molecule is CC(=O)N[C@H](CCCCNC(=O)COC1CCCCCC2=C1NNN2CCOCCOCCOCCOCCCP(=O)(O)O)C(=O)N[C@H](C(=O)N[C@@H](C)C(=O)C(C)C)C(C)C. The zero-order chi connectivity index (χ0) is 45.2. The first-order valence-corrected chi connectivity index (χ1v) is 23.5. The summed E-state index contributed by atoms with van der Waals surface area (Å²) in [7, 11) is -3.98. The van der Waals surface area contributed by atoms with Crippen LogP contribution in [0.25, 0.3) is 0 Å². The largest absolute Gasteiger partial charge is 0.379 e. The van der Waals surface area contributed by atoms with Gasteiger partial charge in [-0.05, 0) is 57.8 Å². The highest BCUT2D eigenvalue weighted by molar-refractivity contribution is 7.51. The summed E-state index contributed by atoms with van der Waals surface area (Å²) in [5.74, 6) is -2.25. The van der Waals surface area contributed by atoms with Crippen LogP contribution in [0.15, 0.2) is 11.4 Å². The maximum absolute atomic E-state index is 13.2. The molecule has 4 atom stereocenters. The fourth-order valence-corrected chi connectivity index (χ4v) is 7.19. The average molecular weight is 892 g/mol. The van der Waals surface area contributed by atoms with Crippen LogP contribution in [0.2, 0.25) is 0 Å². The van der Waals surface area contributed by atoms with Crippen LogP contribution in [0.3, 0.4) is 0 Å². The van der Waals surface area contributed by atoms with E-state index in [-0.39, 0.29) is 54.9 Å². The monoisotopic (exact) mass is 892 g/mol. The summed E-state index contributed by atoms with van der Waals surface area (Å²) in [6.45, 7) is 13.9. The highest BCUT2D eigenvalue weighted by Crippen LogP contribution is 2.34. The van der Waals surface area contributed by atoms with Crippen molar-refractivity contribution in [3.8, 4) is 0 Å². The van der Waals surface area contributed by atoms with Gasteiger partial charge in [0, 0.05) is 26.0 Å². The molecule has 0 spiro atoms. The molecule has 2 rings (SSSR count). The summed E-state index contributed by atoms with van der Waals surface area (Å²) in [6.07, 6.45) is 5.83. The normalized spacial score (nSPS) is 17.2. The summed E-state index contributed by atoms with van der Waals surface area (Å²) in [4.78, 5) is 81.0. The first-order chi connectivity index (χ1) is 29.0. The Morgan fingerprint density at radius 2 is 1.44 bits per heavy atom. The second-order valence-corrected chi connectivity index (χ2v) is 17.7. The zero-order valence-corrected chi connectivity index (χ0v) is 38.0. The first kappa shape index (κ1) is 53.9. The van der Waals surface area contributed by atoms with Crippen molar-refractivity contribution in [2.24, 2.45) is 11.8 Å². The number of allylic oxidation sites excluding steroid dienone is 1. The number of nitrogens with zero attached hydrogens (tertiary/aromatic N) is 1. The quantitative estimate of drug-likeness (QED) is 0.0348. The second kappa shape index (κ2) is 30.0. The Labute approximate surface area is 361 Å². The number of rotatable bonds is 32. The Kier molecular flexibility index (Phi) is 26.5. The molecule has 61 heavy (non-hydrogen) atoms. The Morgan fingerprint density at radius 1 is 0.803 bits per heavy atom. The average Bonchev–Trinajstić information content (AvgIpc) is 3.57. The number of ketones is 1. The van der Waals surface area contributed by atoms with Crippen molar-refractivity contribution in [2.45, 2.75) is 124 Å². The molecule has 4 amide bonds. The molecule has 2 aliphatic rings. The lowest BCUT2D eigenvalue weighted by atomic mass is 9.99. The molecular weight excluding hydrogens is 817 g/mol. The number of carbonyl (C=O) groups excluding carboxylic acids is 5. The van der Waals surface area contributed by atoms with Crippen molar-refractivity contribution in [2.75, 3.05) is 78.7 Å². The fraction of sp³-hybridized carbons (Fsp3) is 0.825. The molecule has 0 bridgehead atoms. The molecule has 1 unspecified atom stereocenters. The smallest absolute Gasteiger partial charge is 0.325 e. The van der Waals surface area contributed by atoms with Gasteiger partial charge in [0.2, 0.25) is 23.6 Å². The van der Waals surface area contributed by atoms with Crippen LogP contribution in [0, 0.1) is 11.8 Å². The Bertz CT molecular complexity index is 1430. The molecule has 0 aromatic carbocycles. The standard InChI is InChI=1S/C40H74N7O13P/c1-28(2)36(40(52)42-30(5)38(50)29(3)4)44-39(51)32(43-31(6)48)13-10-11-16-41-35(49)27-60-34-15-9-7-8-14-33-37(34)45-46-47(33)17-19-57-21-23-59-25-24-58-22-20-56-18-12-26-61(53,54)55/h28-30,32,34,36,45-46H,7-27H2,1-6H3,(H,41,49)(H,42,52)(H,43,48)(H,44,51)(H2,53,54,55)/t30-,32+,34?,36-/m0/s1. The van der Waals surface area contributed by atoms with Crippen molar-refractivity contribution in [1.82, 2.24) is 37.2 Å². The molecular formula is C40H74N7O13P. The second-order valence-electron chi connectivity index (χ2n) is 16.0. The van der Waals surface area contributed by atoms with Crippen molar-refractivity contribution < 1.29 is 62.0 Å². The first-order valence-electron chi connectivity index (χ1n) is 21.7. The molecule has 0 radical (unpaired) electrons. The third kappa shape index (κ3) is 23.2. The molecule has 0 saturated heterocycles. The highest BCUT2D eigenvalue weighted by atomic mass is 31.2. The van der Waals surface area contributed by atoms with E-state index in [1.807, 2.05) is 5.01 Å². The van der Waals surface area contributed by atoms with E-state index in [2.05, 4.69) is 32.2 Å². The van der Waals surface area contributed by atoms with Gasteiger partial charge in [-0.25, -0.2) is 0 Å². The van der Waals surface area contributed by atoms with Gasteiger partial charge in [0.05, 0.1) is 76.4 Å². The van der Waals surface area contributed by atoms with E-state index in [9.17, 15) is 28.5 Å². The van der Waals surface area contributed by atoms with E-state index < -0.39 is 37.5 Å². The molecule has 0 saturated carbocycles. The summed E-state index contributed by atoms with van der Waals surface area (Å²) in [5, 5.41) is 13.0. The number of hydrogen-bond acceptors (Lipinski definition) is 14. The number of carbonyl (C=O) groups is 5. The van der Waals surface area contributed by atoms with Crippen LogP contribution >= 0.6 is 7.60 Å². The van der Waals surface area contributed by atoms with E-state index in [4.69, 9.17) is 33.5 Å². The predicted molar refractivity (Wildman–Crippen MR) is 226 cm³/mol. The Morgan fingerprint density at radius 3 is 2.05 bits per heavy atom. The van der Waals surface area contributed by atoms with E-state index >= 15 is 0 Å². The molecule has 1 aliphatic carbocycles. The van der Waals surface area contributed by atoms with E-state index in [0.29, 0.717) is 85.0 Å². The number of ether oxygens (including phenoxy) is 5. The van der Waals surface area contributed by atoms with Crippen LogP contribution in [0.5, 0.6) is 0 Å². The fourth-order valence-electron chi connectivity index (χ4n) is 6.65. The van der Waals surface area contributed by atoms with Gasteiger partial charge >= 0.3 is 7.60 Å². The molecule has 21 heteroatoms. The molecule has 352 valence electrons. The minimum Gasteiger partial charge on any atom is -0.379 e. The third-order valence-electron chi connectivity index (χ3n) is 9.93. The van der Waals surface area contributed by atoms with Gasteiger partial charge in [-0.3, -0.25) is 33.5 Å². The topological polar surface area (TPSA) is 264 Å². The maximum atomic E-state index is 13.2. The summed E-state index contributed by atoms with van der Waals surface area (Å²) >= 11 is 0. The highest BCUT2D eigenvalue weighted by Gasteiger charge is 2.31. The van der Waals surface area contributed by atoms with Gasteiger partial charge in [0.1, 0.15) is 24.8 Å². The van der Waals surface area contributed by atoms with Gasteiger partial charge < -0.3 is 60.2 Å². The molecule has 0 aromatic heterocycles. The number of hydrazine groups is 2. The molecule has 0 aromatic rings. The van der Waals surface area contributed by atoms with Gasteiger partial charge in [0.25, 0.3) is 0 Å². The van der Waals surface area contributed by atoms with Gasteiger partial charge in [-0.2, -0.15) is 0 Å². The third-order valence-corrected chi connectivity index (χ3v) is 10.8. The number of nitrogens with one attached hydrogen (secondary N) is 6. The van der Waals surface area contributed by atoms with E-state index in [1.54, 1.807) is 34.6 Å². The van der Waals surface area contributed by atoms with Crippen LogP contribution in [-0.2, 0) is 52.2 Å². The van der Waals surface area contributed by atoms with Crippen molar-refractivity contribution in [3.05, 3.63) is 11.4 Å². The Hall–Kier alpha value is -3.20. The lowest BCUT2D eigenvalue weighted by Crippen LogP contribution is -2.57. The van der Waals surface area contributed by atoms with E-state index in [1.165, 1.54) is 6.92 Å². The zero-order valence-electron chi connectivity index (χ0n) is 37.1. The number of unbranched alkanes of at least 4 members (excludes halogenated alkanes) is 1. The molecule has 0 fully saturated rings. The van der Waals surface area contributed by atoms with Crippen LogP contribution in [0.4, 0.5) is 0 Å². The lowest BCUT2D eigenvalue weighted by Gasteiger charge is -2.26. The van der Waals surface area contributed by atoms with Crippen LogP contribution in [-0.4, -0.2) is 147 Å². The van der Waals surface area contributed by atoms with Crippen LogP contribution in [0.1, 0.15) is 99.3 Å². The summed E-state index contributed by atoms with van der Waals surface area (Å²) in [6, 6.07) is -2.48. The minimum absolute atomic E-state index is 0.114. The molecule has 20 nitrogen and oxygen atoms in total. The van der Waals surface area contributed by atoms with Gasteiger partial charge in [0.15, 0.2) is 5.78 Å². The van der Waals surface area contributed by atoms with Gasteiger partial charge in [-0.15, -0.1) is 5.53 Å². The predicted octanol–water partition coefficient (Wildman–Crippen LogP) is 1.17. The number of amides is 4. The van der Waals surface area contributed by atoms with Gasteiger partial charge in [-0.1, -0.05) is 40.5 Å². The van der Waals surface area contributed by atoms with Crippen LogP contribution < -0.4 is 32.2 Å². The molecule has 1 heterocycles. The molecule has 8 N–H and O–H groups in total. The van der Waals surface area contributed by atoms with Crippen molar-refractivity contribution in [3.63, 3.8) is 0 Å².